The summed E-state index contributed by atoms with van der Waals surface area (Å²) in [5.74, 6) is 0.644. The first-order valence-electron chi connectivity index (χ1n) is 8.30. The predicted molar refractivity (Wildman–Crippen MR) is 100 cm³/mol. The Labute approximate surface area is 155 Å². The quantitative estimate of drug-likeness (QED) is 0.647. The summed E-state index contributed by atoms with van der Waals surface area (Å²) in [4.78, 5) is 12.1. The molecule has 7 heteroatoms. The highest BCUT2D eigenvalue weighted by atomic mass is 32.2. The summed E-state index contributed by atoms with van der Waals surface area (Å²) in [6.45, 7) is 3.11. The lowest BCUT2D eigenvalue weighted by Gasteiger charge is -2.08. The summed E-state index contributed by atoms with van der Waals surface area (Å²) in [5, 5.41) is 12.0. The molecule has 0 bridgehead atoms. The van der Waals surface area contributed by atoms with Crippen molar-refractivity contribution >= 4 is 17.7 Å². The average molecular weight is 370 g/mol. The van der Waals surface area contributed by atoms with Crippen LogP contribution in [0.4, 0.5) is 4.39 Å². The molecule has 1 heterocycles. The van der Waals surface area contributed by atoms with Gasteiger partial charge < -0.3 is 9.88 Å². The first-order valence-corrected chi connectivity index (χ1v) is 9.28. The molecule has 5 nitrogen and oxygen atoms in total. The standard InChI is InChI=1S/C19H19FN4OS/c1-2-24-18(15-6-4-3-5-7-15)22-23-19(24)26-13-17(25)21-12-14-8-10-16(20)11-9-14/h3-11H,2,12-13H2,1H3,(H,21,25). The second kappa shape index (κ2) is 8.62. The molecule has 2 aromatic carbocycles. The molecule has 1 amide bonds. The van der Waals surface area contributed by atoms with Crippen LogP contribution in [0, 0.1) is 5.82 Å². The molecule has 0 radical (unpaired) electrons. The van der Waals surface area contributed by atoms with E-state index in [1.165, 1.54) is 23.9 Å². The molecular weight excluding hydrogens is 351 g/mol. The van der Waals surface area contributed by atoms with E-state index in [9.17, 15) is 9.18 Å². The number of nitrogens with zero attached hydrogens (tertiary/aromatic N) is 3. The van der Waals surface area contributed by atoms with Crippen LogP contribution in [0.2, 0.25) is 0 Å². The molecule has 134 valence electrons. The molecule has 0 atom stereocenters. The van der Waals surface area contributed by atoms with E-state index in [-0.39, 0.29) is 17.5 Å². The number of hydrogen-bond donors (Lipinski definition) is 1. The van der Waals surface area contributed by atoms with Crippen molar-refractivity contribution in [2.75, 3.05) is 5.75 Å². The van der Waals surface area contributed by atoms with Gasteiger partial charge in [-0.2, -0.15) is 0 Å². The zero-order valence-electron chi connectivity index (χ0n) is 14.4. The van der Waals surface area contributed by atoms with Crippen LogP contribution >= 0.6 is 11.8 Å². The fraction of sp³-hybridized carbons (Fsp3) is 0.211. The number of carbonyl (C=O) groups excluding carboxylic acids is 1. The fourth-order valence-corrected chi connectivity index (χ4v) is 3.30. The number of amides is 1. The van der Waals surface area contributed by atoms with Gasteiger partial charge in [-0.25, -0.2) is 4.39 Å². The Morgan fingerprint density at radius 2 is 1.85 bits per heavy atom. The normalized spacial score (nSPS) is 10.7. The van der Waals surface area contributed by atoms with Gasteiger partial charge in [0.15, 0.2) is 11.0 Å². The lowest BCUT2D eigenvalue weighted by Crippen LogP contribution is -2.24. The van der Waals surface area contributed by atoms with Crippen molar-refractivity contribution in [3.05, 3.63) is 66.0 Å². The topological polar surface area (TPSA) is 59.8 Å². The average Bonchev–Trinajstić information content (AvgIpc) is 3.09. The molecule has 3 aromatic rings. The minimum absolute atomic E-state index is 0.105. The monoisotopic (exact) mass is 370 g/mol. The summed E-state index contributed by atoms with van der Waals surface area (Å²) >= 11 is 1.35. The molecular formula is C19H19FN4OS. The van der Waals surface area contributed by atoms with Crippen molar-refractivity contribution in [3.63, 3.8) is 0 Å². The fourth-order valence-electron chi connectivity index (χ4n) is 2.47. The zero-order chi connectivity index (χ0) is 18.4. The second-order valence-corrected chi connectivity index (χ2v) is 6.55. The van der Waals surface area contributed by atoms with Gasteiger partial charge in [-0.05, 0) is 24.6 Å². The van der Waals surface area contributed by atoms with Crippen molar-refractivity contribution in [1.29, 1.82) is 0 Å². The molecule has 1 N–H and O–H groups in total. The maximum atomic E-state index is 12.9. The van der Waals surface area contributed by atoms with Crippen LogP contribution in [0.15, 0.2) is 59.8 Å². The molecule has 0 spiro atoms. The largest absolute Gasteiger partial charge is 0.351 e. The number of thioether (sulfide) groups is 1. The molecule has 26 heavy (non-hydrogen) atoms. The van der Waals surface area contributed by atoms with E-state index in [1.807, 2.05) is 41.8 Å². The van der Waals surface area contributed by atoms with E-state index >= 15 is 0 Å². The Hall–Kier alpha value is -2.67. The Balaban J connectivity index is 1.58. The smallest absolute Gasteiger partial charge is 0.230 e. The predicted octanol–water partition coefficient (Wildman–Crippen LogP) is 3.51. The first kappa shape index (κ1) is 18.1. The van der Waals surface area contributed by atoms with Crippen LogP contribution in [0.25, 0.3) is 11.4 Å². The number of halogens is 1. The minimum atomic E-state index is -0.288. The molecule has 0 saturated carbocycles. The summed E-state index contributed by atoms with van der Waals surface area (Å²) < 4.78 is 14.9. The highest BCUT2D eigenvalue weighted by Gasteiger charge is 2.14. The van der Waals surface area contributed by atoms with E-state index in [1.54, 1.807) is 12.1 Å². The maximum absolute atomic E-state index is 12.9. The lowest BCUT2D eigenvalue weighted by molar-refractivity contribution is -0.118. The summed E-state index contributed by atoms with van der Waals surface area (Å²) in [5.41, 5.74) is 1.85. The van der Waals surface area contributed by atoms with E-state index in [0.717, 1.165) is 23.5 Å². The third-order valence-corrected chi connectivity index (χ3v) is 4.77. The van der Waals surface area contributed by atoms with Gasteiger partial charge in [0, 0.05) is 18.7 Å². The van der Waals surface area contributed by atoms with Gasteiger partial charge >= 0.3 is 0 Å². The number of rotatable bonds is 7. The number of hydrogen-bond acceptors (Lipinski definition) is 4. The van der Waals surface area contributed by atoms with E-state index < -0.39 is 0 Å². The lowest BCUT2D eigenvalue weighted by atomic mass is 10.2. The van der Waals surface area contributed by atoms with Crippen LogP contribution < -0.4 is 5.32 Å². The highest BCUT2D eigenvalue weighted by Crippen LogP contribution is 2.23. The maximum Gasteiger partial charge on any atom is 0.230 e. The first-order chi connectivity index (χ1) is 12.7. The summed E-state index contributed by atoms with van der Waals surface area (Å²) in [6.07, 6.45) is 0. The van der Waals surface area contributed by atoms with Gasteiger partial charge in [0.2, 0.25) is 5.91 Å². The van der Waals surface area contributed by atoms with Crippen molar-refractivity contribution < 1.29 is 9.18 Å². The summed E-state index contributed by atoms with van der Waals surface area (Å²) in [7, 11) is 0. The third-order valence-electron chi connectivity index (χ3n) is 3.80. The molecule has 3 rings (SSSR count). The van der Waals surface area contributed by atoms with Crippen LogP contribution in [-0.4, -0.2) is 26.4 Å². The van der Waals surface area contributed by atoms with Crippen LogP contribution in [-0.2, 0) is 17.9 Å². The Morgan fingerprint density at radius 3 is 2.54 bits per heavy atom. The molecule has 0 aliphatic rings. The minimum Gasteiger partial charge on any atom is -0.351 e. The zero-order valence-corrected chi connectivity index (χ0v) is 15.2. The molecule has 0 unspecified atom stereocenters. The Kier molecular flexibility index (Phi) is 6.01. The van der Waals surface area contributed by atoms with Crippen molar-refractivity contribution in [1.82, 2.24) is 20.1 Å². The van der Waals surface area contributed by atoms with Gasteiger partial charge in [-0.1, -0.05) is 54.2 Å². The van der Waals surface area contributed by atoms with E-state index in [4.69, 9.17) is 0 Å². The molecule has 1 aromatic heterocycles. The SMILES string of the molecule is CCn1c(SCC(=O)NCc2ccc(F)cc2)nnc1-c1ccccc1. The Morgan fingerprint density at radius 1 is 1.12 bits per heavy atom. The number of nitrogens with one attached hydrogen (secondary N) is 1. The van der Waals surface area contributed by atoms with Gasteiger partial charge in [0.1, 0.15) is 5.82 Å². The highest BCUT2D eigenvalue weighted by molar-refractivity contribution is 7.99. The molecule has 0 aliphatic heterocycles. The van der Waals surface area contributed by atoms with Crippen molar-refractivity contribution in [2.24, 2.45) is 0 Å². The third kappa shape index (κ3) is 4.49. The van der Waals surface area contributed by atoms with Gasteiger partial charge in [-0.15, -0.1) is 10.2 Å². The number of aromatic nitrogens is 3. The van der Waals surface area contributed by atoms with Crippen LogP contribution in [0.3, 0.4) is 0 Å². The molecule has 0 aliphatic carbocycles. The summed E-state index contributed by atoms with van der Waals surface area (Å²) in [6, 6.07) is 15.9. The van der Waals surface area contributed by atoms with Gasteiger partial charge in [-0.3, -0.25) is 4.79 Å². The van der Waals surface area contributed by atoms with Gasteiger partial charge in [0.05, 0.1) is 5.75 Å². The molecule has 0 saturated heterocycles. The number of carbonyl (C=O) groups is 1. The van der Waals surface area contributed by atoms with Crippen molar-refractivity contribution in [3.8, 4) is 11.4 Å². The number of benzene rings is 2. The van der Waals surface area contributed by atoms with E-state index in [2.05, 4.69) is 15.5 Å². The van der Waals surface area contributed by atoms with Crippen LogP contribution in [0.5, 0.6) is 0 Å². The van der Waals surface area contributed by atoms with Crippen molar-refractivity contribution in [2.45, 2.75) is 25.2 Å². The molecule has 0 fully saturated rings. The Bertz CT molecular complexity index is 865. The van der Waals surface area contributed by atoms with Gasteiger partial charge in [0.25, 0.3) is 0 Å². The van der Waals surface area contributed by atoms with E-state index in [0.29, 0.717) is 11.7 Å². The second-order valence-electron chi connectivity index (χ2n) is 5.61. The van der Waals surface area contributed by atoms with Crippen LogP contribution in [0.1, 0.15) is 12.5 Å².